The van der Waals surface area contributed by atoms with Gasteiger partial charge < -0.3 is 10.4 Å². The first-order chi connectivity index (χ1) is 16.5. The summed E-state index contributed by atoms with van der Waals surface area (Å²) in [6.45, 7) is 6.20. The molecule has 4 saturated carbocycles. The van der Waals surface area contributed by atoms with Crippen LogP contribution in [0, 0.1) is 46.3 Å². The molecule has 0 aromatic carbocycles. The van der Waals surface area contributed by atoms with Crippen molar-refractivity contribution in [1.82, 2.24) is 5.32 Å². The SMILES string of the molecule is CC(CCC(=O)NCCS(=O)(=O)O)C1CCC2C3C(CCC12C)C1(C)CCC(F)(F)CC1CC3(O)F. The molecule has 0 spiro atoms. The maximum Gasteiger partial charge on any atom is 0.266 e. The fraction of sp³-hybridized carbons (Fsp3) is 0.962. The maximum atomic E-state index is 16.0. The summed E-state index contributed by atoms with van der Waals surface area (Å²) in [6.07, 6.45) is 3.75. The molecule has 9 atom stereocenters. The highest BCUT2D eigenvalue weighted by atomic mass is 32.2. The lowest BCUT2D eigenvalue weighted by molar-refractivity contribution is -0.278. The molecule has 36 heavy (non-hydrogen) atoms. The van der Waals surface area contributed by atoms with Crippen LogP contribution < -0.4 is 5.32 Å². The topological polar surface area (TPSA) is 104 Å². The smallest absolute Gasteiger partial charge is 0.266 e. The van der Waals surface area contributed by atoms with E-state index in [1.165, 1.54) is 0 Å². The first-order valence-corrected chi connectivity index (χ1v) is 15.1. The molecule has 0 heterocycles. The minimum atomic E-state index is -4.13. The van der Waals surface area contributed by atoms with Crippen molar-refractivity contribution in [2.45, 2.75) is 96.8 Å². The van der Waals surface area contributed by atoms with E-state index in [1.54, 1.807) is 0 Å². The van der Waals surface area contributed by atoms with Crippen molar-refractivity contribution in [2.24, 2.45) is 46.3 Å². The Kier molecular flexibility index (Phi) is 7.35. The molecule has 0 saturated heterocycles. The van der Waals surface area contributed by atoms with E-state index in [0.29, 0.717) is 12.8 Å². The quantitative estimate of drug-likeness (QED) is 0.398. The van der Waals surface area contributed by atoms with Crippen molar-refractivity contribution in [3.05, 3.63) is 0 Å². The second kappa shape index (κ2) is 9.40. The van der Waals surface area contributed by atoms with Gasteiger partial charge in [-0.1, -0.05) is 20.8 Å². The van der Waals surface area contributed by atoms with Crippen LogP contribution in [0.3, 0.4) is 0 Å². The summed E-state index contributed by atoms with van der Waals surface area (Å²) in [7, 11) is -4.13. The van der Waals surface area contributed by atoms with E-state index in [4.69, 9.17) is 4.55 Å². The highest BCUT2D eigenvalue weighted by Crippen LogP contribution is 2.71. The molecule has 0 aromatic rings. The fourth-order valence-corrected chi connectivity index (χ4v) is 9.43. The van der Waals surface area contributed by atoms with Gasteiger partial charge in [-0.25, -0.2) is 13.2 Å². The van der Waals surface area contributed by atoms with E-state index in [-0.39, 0.29) is 72.6 Å². The van der Waals surface area contributed by atoms with Crippen LogP contribution in [0.5, 0.6) is 0 Å². The van der Waals surface area contributed by atoms with Gasteiger partial charge in [0, 0.05) is 38.1 Å². The molecule has 208 valence electrons. The van der Waals surface area contributed by atoms with Gasteiger partial charge in [-0.05, 0) is 78.9 Å². The first kappa shape index (κ1) is 28.1. The maximum absolute atomic E-state index is 16.0. The molecule has 3 N–H and O–H groups in total. The van der Waals surface area contributed by atoms with Crippen LogP contribution in [-0.4, -0.2) is 48.1 Å². The molecule has 0 aliphatic heterocycles. The van der Waals surface area contributed by atoms with E-state index in [9.17, 15) is 27.1 Å². The Morgan fingerprint density at radius 1 is 1.03 bits per heavy atom. The molecule has 1 amide bonds. The van der Waals surface area contributed by atoms with Crippen molar-refractivity contribution in [1.29, 1.82) is 0 Å². The monoisotopic (exact) mass is 537 g/mol. The van der Waals surface area contributed by atoms with Gasteiger partial charge in [-0.15, -0.1) is 0 Å². The van der Waals surface area contributed by atoms with Crippen molar-refractivity contribution in [2.75, 3.05) is 12.3 Å². The third kappa shape index (κ3) is 5.20. The van der Waals surface area contributed by atoms with Gasteiger partial charge >= 0.3 is 0 Å². The molecule has 10 heteroatoms. The van der Waals surface area contributed by atoms with Gasteiger partial charge in [0.15, 0.2) is 0 Å². The summed E-state index contributed by atoms with van der Waals surface area (Å²) >= 11 is 0. The number of hydrogen-bond acceptors (Lipinski definition) is 4. The van der Waals surface area contributed by atoms with Crippen molar-refractivity contribution in [3.8, 4) is 0 Å². The summed E-state index contributed by atoms with van der Waals surface area (Å²) in [5.41, 5.74) is -0.570. The van der Waals surface area contributed by atoms with Gasteiger partial charge in [-0.3, -0.25) is 9.35 Å². The largest absolute Gasteiger partial charge is 0.361 e. The number of carbonyl (C=O) groups is 1. The van der Waals surface area contributed by atoms with E-state index < -0.39 is 39.5 Å². The Morgan fingerprint density at radius 2 is 1.69 bits per heavy atom. The van der Waals surface area contributed by atoms with Crippen molar-refractivity contribution < 1.29 is 36.0 Å². The Balaban J connectivity index is 1.44. The van der Waals surface area contributed by atoms with Gasteiger partial charge in [0.25, 0.3) is 10.1 Å². The number of alkyl halides is 3. The third-order valence-corrected chi connectivity index (χ3v) is 11.7. The molecule has 4 aliphatic rings. The zero-order valence-corrected chi connectivity index (χ0v) is 22.4. The van der Waals surface area contributed by atoms with Crippen molar-refractivity contribution in [3.63, 3.8) is 0 Å². The third-order valence-electron chi connectivity index (χ3n) is 10.9. The average molecular weight is 538 g/mol. The summed E-state index contributed by atoms with van der Waals surface area (Å²) in [6, 6.07) is 0. The highest BCUT2D eigenvalue weighted by molar-refractivity contribution is 7.85. The summed E-state index contributed by atoms with van der Waals surface area (Å²) in [4.78, 5) is 12.2. The minimum absolute atomic E-state index is 0.0255. The second-order valence-electron chi connectivity index (χ2n) is 12.9. The number of nitrogens with one attached hydrogen (secondary N) is 1. The predicted molar refractivity (Wildman–Crippen MR) is 129 cm³/mol. The van der Waals surface area contributed by atoms with Gasteiger partial charge in [0.2, 0.25) is 17.7 Å². The molecular formula is C26H42F3NO5S. The molecule has 4 aliphatic carbocycles. The molecule has 4 fully saturated rings. The van der Waals surface area contributed by atoms with Crippen LogP contribution in [0.25, 0.3) is 0 Å². The van der Waals surface area contributed by atoms with Crippen LogP contribution in [0.15, 0.2) is 0 Å². The Morgan fingerprint density at radius 3 is 2.36 bits per heavy atom. The minimum Gasteiger partial charge on any atom is -0.361 e. The molecule has 4 rings (SSSR count). The number of aliphatic hydroxyl groups is 1. The van der Waals surface area contributed by atoms with Gasteiger partial charge in [0.1, 0.15) is 0 Å². The fourth-order valence-electron chi connectivity index (χ4n) is 9.07. The number of amides is 1. The van der Waals surface area contributed by atoms with E-state index in [1.807, 2.05) is 0 Å². The first-order valence-electron chi connectivity index (χ1n) is 13.5. The molecule has 0 radical (unpaired) electrons. The zero-order valence-electron chi connectivity index (χ0n) is 21.6. The van der Waals surface area contributed by atoms with E-state index >= 15 is 4.39 Å². The summed E-state index contributed by atoms with van der Waals surface area (Å²) < 4.78 is 74.9. The van der Waals surface area contributed by atoms with E-state index in [2.05, 4.69) is 26.1 Å². The van der Waals surface area contributed by atoms with Gasteiger partial charge in [0.05, 0.1) is 5.75 Å². The standard InChI is InChI=1S/C26H42F3NO5S/c1-16(4-7-21(31)30-12-13-36(33,34)35)18-5-6-19-22-20(8-9-24(18,19)3)23(2)10-11-25(27,28)14-17(23)15-26(22,29)32/h16-20,22,32H,4-15H2,1-3H3,(H,30,31)(H,33,34,35). The highest BCUT2D eigenvalue weighted by Gasteiger charge is 2.68. The van der Waals surface area contributed by atoms with Crippen LogP contribution in [0.1, 0.15) is 85.0 Å². The molecule has 9 unspecified atom stereocenters. The number of hydrogen-bond donors (Lipinski definition) is 3. The van der Waals surface area contributed by atoms with Crippen LogP contribution in [0.2, 0.25) is 0 Å². The zero-order chi connectivity index (χ0) is 26.7. The average Bonchev–Trinajstić information content (AvgIpc) is 3.09. The van der Waals surface area contributed by atoms with Crippen LogP contribution >= 0.6 is 0 Å². The normalized spacial score (nSPS) is 44.7. The van der Waals surface area contributed by atoms with E-state index in [0.717, 1.165) is 25.7 Å². The van der Waals surface area contributed by atoms with Crippen molar-refractivity contribution >= 4 is 16.0 Å². The number of rotatable bonds is 7. The Bertz CT molecular complexity index is 959. The Labute approximate surface area is 212 Å². The van der Waals surface area contributed by atoms with Gasteiger partial charge in [-0.2, -0.15) is 8.42 Å². The molecule has 0 bridgehead atoms. The lowest BCUT2D eigenvalue weighted by atomic mass is 9.43. The van der Waals surface area contributed by atoms with Crippen LogP contribution in [-0.2, 0) is 14.9 Å². The lowest BCUT2D eigenvalue weighted by Crippen LogP contribution is -2.62. The summed E-state index contributed by atoms with van der Waals surface area (Å²) in [5.74, 6) is -6.80. The summed E-state index contributed by atoms with van der Waals surface area (Å²) in [5, 5.41) is 13.6. The number of fused-ring (bicyclic) bond motifs is 5. The Hall–Kier alpha value is -0.870. The lowest BCUT2D eigenvalue weighted by Gasteiger charge is -2.63. The van der Waals surface area contributed by atoms with Crippen LogP contribution in [0.4, 0.5) is 13.2 Å². The number of carbonyl (C=O) groups excluding carboxylic acids is 1. The molecule has 6 nitrogen and oxygen atoms in total. The number of halogens is 3. The second-order valence-corrected chi connectivity index (χ2v) is 14.5. The predicted octanol–water partition coefficient (Wildman–Crippen LogP) is 4.97. The molecular weight excluding hydrogens is 495 g/mol. The molecule has 0 aromatic heterocycles.